The average Bonchev–Trinajstić information content (AvgIpc) is 2.82. The molecule has 0 bridgehead atoms. The Kier molecular flexibility index (Phi) is 3.52. The first kappa shape index (κ1) is 13.0. The zero-order chi connectivity index (χ0) is 13.4. The number of fused-ring (bicyclic) bond motifs is 1. The fourth-order valence-electron chi connectivity index (χ4n) is 4.34. The summed E-state index contributed by atoms with van der Waals surface area (Å²) in [5.41, 5.74) is 3.03. The van der Waals surface area contributed by atoms with Crippen LogP contribution < -0.4 is 0 Å². The highest BCUT2D eigenvalue weighted by molar-refractivity contribution is 5.62. The van der Waals surface area contributed by atoms with Crippen molar-refractivity contribution < 1.29 is 0 Å². The van der Waals surface area contributed by atoms with Crippen LogP contribution in [0.1, 0.15) is 57.1 Å². The summed E-state index contributed by atoms with van der Waals surface area (Å²) >= 11 is 0. The molecule has 0 aromatic heterocycles. The normalized spacial score (nSPS) is 33.7. The van der Waals surface area contributed by atoms with Crippen LogP contribution in [0.25, 0.3) is 6.08 Å². The van der Waals surface area contributed by atoms with Crippen LogP contribution >= 0.6 is 0 Å². The van der Waals surface area contributed by atoms with Gasteiger partial charge in [0.15, 0.2) is 0 Å². The summed E-state index contributed by atoms with van der Waals surface area (Å²) in [7, 11) is 0. The maximum absolute atomic E-state index is 2.47. The molecule has 1 aromatic rings. The smallest absolute Gasteiger partial charge is 0.00583 e. The predicted octanol–water partition coefficient (Wildman–Crippen LogP) is 5.51. The van der Waals surface area contributed by atoms with E-state index < -0.39 is 0 Å². The standard InChI is InChI=1S/C19H26/c1-13(2)16-10-8-14(3)12-19(16)18-11-9-15-6-4-5-7-17(15)18/h4-7,9,11,13-14,16,18-19H,8,10,12H2,1-3H3/t14-,16+,18?,19+/m0/s1. The molecule has 1 aromatic carbocycles. The number of hydrogen-bond donors (Lipinski definition) is 0. The summed E-state index contributed by atoms with van der Waals surface area (Å²) in [6.07, 6.45) is 9.08. The number of allylic oxidation sites excluding steroid dienone is 1. The Morgan fingerprint density at radius 2 is 1.89 bits per heavy atom. The van der Waals surface area contributed by atoms with E-state index >= 15 is 0 Å². The van der Waals surface area contributed by atoms with E-state index in [9.17, 15) is 0 Å². The quantitative estimate of drug-likeness (QED) is 0.653. The monoisotopic (exact) mass is 254 g/mol. The van der Waals surface area contributed by atoms with Crippen molar-refractivity contribution >= 4 is 6.08 Å². The first-order valence-corrected chi connectivity index (χ1v) is 7.94. The number of hydrogen-bond acceptors (Lipinski definition) is 0. The van der Waals surface area contributed by atoms with Gasteiger partial charge in [0.1, 0.15) is 0 Å². The predicted molar refractivity (Wildman–Crippen MR) is 83.1 cm³/mol. The van der Waals surface area contributed by atoms with Gasteiger partial charge in [0.25, 0.3) is 0 Å². The van der Waals surface area contributed by atoms with E-state index in [-0.39, 0.29) is 0 Å². The average molecular weight is 254 g/mol. The molecular weight excluding hydrogens is 228 g/mol. The van der Waals surface area contributed by atoms with E-state index in [1.807, 2.05) is 0 Å². The Bertz CT molecular complexity index is 469. The SMILES string of the molecule is CC(C)[C@H]1CC[C@H](C)C[C@H]1C1C=Cc2ccccc21. The fourth-order valence-corrected chi connectivity index (χ4v) is 4.34. The van der Waals surface area contributed by atoms with Gasteiger partial charge in [0.05, 0.1) is 0 Å². The first-order valence-electron chi connectivity index (χ1n) is 7.94. The Balaban J connectivity index is 1.90. The van der Waals surface area contributed by atoms with Crippen LogP contribution in [-0.2, 0) is 0 Å². The summed E-state index contributed by atoms with van der Waals surface area (Å²) in [4.78, 5) is 0. The molecule has 2 aliphatic carbocycles. The van der Waals surface area contributed by atoms with E-state index in [4.69, 9.17) is 0 Å². The Morgan fingerprint density at radius 3 is 2.68 bits per heavy atom. The van der Waals surface area contributed by atoms with Crippen LogP contribution in [0.5, 0.6) is 0 Å². The van der Waals surface area contributed by atoms with E-state index in [0.29, 0.717) is 5.92 Å². The fraction of sp³-hybridized carbons (Fsp3) is 0.579. The molecule has 0 N–H and O–H groups in total. The van der Waals surface area contributed by atoms with E-state index in [1.165, 1.54) is 24.8 Å². The number of rotatable bonds is 2. The second kappa shape index (κ2) is 5.15. The van der Waals surface area contributed by atoms with Crippen LogP contribution in [0.2, 0.25) is 0 Å². The summed E-state index contributed by atoms with van der Waals surface area (Å²) in [5, 5.41) is 0. The highest BCUT2D eigenvalue weighted by atomic mass is 14.4. The Hall–Kier alpha value is -1.04. The lowest BCUT2D eigenvalue weighted by molar-refractivity contribution is 0.133. The molecule has 1 saturated carbocycles. The van der Waals surface area contributed by atoms with Crippen LogP contribution in [0.15, 0.2) is 30.3 Å². The molecule has 19 heavy (non-hydrogen) atoms. The van der Waals surface area contributed by atoms with Crippen molar-refractivity contribution in [1.82, 2.24) is 0 Å². The minimum Gasteiger partial charge on any atom is -0.0761 e. The number of benzene rings is 1. The van der Waals surface area contributed by atoms with E-state index in [2.05, 4.69) is 57.2 Å². The highest BCUT2D eigenvalue weighted by Gasteiger charge is 2.37. The molecule has 0 heterocycles. The van der Waals surface area contributed by atoms with E-state index in [0.717, 1.165) is 23.7 Å². The van der Waals surface area contributed by atoms with Gasteiger partial charge < -0.3 is 0 Å². The van der Waals surface area contributed by atoms with Gasteiger partial charge in [-0.3, -0.25) is 0 Å². The summed E-state index contributed by atoms with van der Waals surface area (Å²) in [6, 6.07) is 8.98. The van der Waals surface area contributed by atoms with Crippen molar-refractivity contribution in [2.45, 2.75) is 46.0 Å². The molecule has 0 amide bonds. The molecule has 3 rings (SSSR count). The zero-order valence-electron chi connectivity index (χ0n) is 12.5. The topological polar surface area (TPSA) is 0 Å². The summed E-state index contributed by atoms with van der Waals surface area (Å²) in [5.74, 6) is 4.15. The third-order valence-corrected chi connectivity index (χ3v) is 5.37. The minimum absolute atomic E-state index is 0.673. The van der Waals surface area contributed by atoms with Crippen molar-refractivity contribution in [3.8, 4) is 0 Å². The van der Waals surface area contributed by atoms with Crippen molar-refractivity contribution in [1.29, 1.82) is 0 Å². The Labute approximate surface area is 117 Å². The molecule has 0 spiro atoms. The van der Waals surface area contributed by atoms with E-state index in [1.54, 1.807) is 5.56 Å². The van der Waals surface area contributed by atoms with Gasteiger partial charge in [-0.2, -0.15) is 0 Å². The van der Waals surface area contributed by atoms with Gasteiger partial charge in [-0.05, 0) is 47.6 Å². The third kappa shape index (κ3) is 2.38. The van der Waals surface area contributed by atoms with Gasteiger partial charge in [-0.15, -0.1) is 0 Å². The minimum atomic E-state index is 0.673. The molecule has 1 unspecified atom stereocenters. The molecular formula is C19H26. The van der Waals surface area contributed by atoms with Crippen molar-refractivity contribution in [3.63, 3.8) is 0 Å². The maximum Gasteiger partial charge on any atom is 0.00583 e. The molecule has 0 nitrogen and oxygen atoms in total. The summed E-state index contributed by atoms with van der Waals surface area (Å²) < 4.78 is 0. The third-order valence-electron chi connectivity index (χ3n) is 5.37. The lowest BCUT2D eigenvalue weighted by Gasteiger charge is -2.40. The van der Waals surface area contributed by atoms with Crippen molar-refractivity contribution in [3.05, 3.63) is 41.5 Å². The van der Waals surface area contributed by atoms with Gasteiger partial charge in [0, 0.05) is 5.92 Å². The van der Waals surface area contributed by atoms with Gasteiger partial charge in [-0.1, -0.05) is 63.6 Å². The molecule has 4 atom stereocenters. The molecule has 2 aliphatic rings. The van der Waals surface area contributed by atoms with Crippen molar-refractivity contribution in [2.75, 3.05) is 0 Å². The zero-order valence-corrected chi connectivity index (χ0v) is 12.5. The molecule has 0 heteroatoms. The molecule has 1 fully saturated rings. The van der Waals surface area contributed by atoms with Crippen LogP contribution in [0.4, 0.5) is 0 Å². The molecule has 102 valence electrons. The van der Waals surface area contributed by atoms with Crippen LogP contribution in [0, 0.1) is 23.7 Å². The molecule has 0 saturated heterocycles. The second-order valence-corrected chi connectivity index (χ2v) is 7.00. The molecule has 0 aliphatic heterocycles. The maximum atomic E-state index is 2.47. The largest absolute Gasteiger partial charge is 0.0761 e. The Morgan fingerprint density at radius 1 is 1.11 bits per heavy atom. The lowest BCUT2D eigenvalue weighted by atomic mass is 9.64. The van der Waals surface area contributed by atoms with Gasteiger partial charge >= 0.3 is 0 Å². The second-order valence-electron chi connectivity index (χ2n) is 7.00. The van der Waals surface area contributed by atoms with Crippen molar-refractivity contribution in [2.24, 2.45) is 23.7 Å². The van der Waals surface area contributed by atoms with Crippen LogP contribution in [-0.4, -0.2) is 0 Å². The first-order chi connectivity index (χ1) is 9.16. The molecule has 0 radical (unpaired) electrons. The lowest BCUT2D eigenvalue weighted by Crippen LogP contribution is -2.31. The summed E-state index contributed by atoms with van der Waals surface area (Å²) in [6.45, 7) is 7.27. The van der Waals surface area contributed by atoms with Gasteiger partial charge in [0.2, 0.25) is 0 Å². The van der Waals surface area contributed by atoms with Crippen LogP contribution in [0.3, 0.4) is 0 Å². The highest BCUT2D eigenvalue weighted by Crippen LogP contribution is 2.48. The van der Waals surface area contributed by atoms with Gasteiger partial charge in [-0.25, -0.2) is 0 Å².